The summed E-state index contributed by atoms with van der Waals surface area (Å²) in [4.78, 5) is 1.45. The van der Waals surface area contributed by atoms with Gasteiger partial charge in [-0.3, -0.25) is 0 Å². The van der Waals surface area contributed by atoms with Crippen LogP contribution in [0.5, 0.6) is 0 Å². The molecule has 0 spiro atoms. The van der Waals surface area contributed by atoms with Gasteiger partial charge < -0.3 is 0 Å². The van der Waals surface area contributed by atoms with E-state index in [0.717, 1.165) is 0 Å². The van der Waals surface area contributed by atoms with E-state index < -0.39 is 17.7 Å². The Balaban J connectivity index is 0.00000182. The maximum atomic E-state index is 4.11. The summed E-state index contributed by atoms with van der Waals surface area (Å²) in [6, 6.07) is 2.48. The van der Waals surface area contributed by atoms with Crippen molar-refractivity contribution >= 4 is 74.3 Å². The number of allylic oxidation sites excluding steroid dienone is 1. The zero-order valence-electron chi connectivity index (χ0n) is 17.5. The van der Waals surface area contributed by atoms with Crippen LogP contribution in [-0.4, -0.2) is 17.7 Å². The van der Waals surface area contributed by atoms with E-state index >= 15 is 0 Å². The first-order chi connectivity index (χ1) is 11.2. The van der Waals surface area contributed by atoms with E-state index in [1.54, 1.807) is 3.28 Å². The molecular weight excluding hydrogens is 556 g/mol. The molecule has 1 N–H and O–H groups in total. The second-order valence-electron chi connectivity index (χ2n) is 9.73. The standard InChI is InChI=1S/C14H12BrS.C4H10N.2CH3.2ClH.H2Si.Zr/c1-7-4-10-6-12-13(8(2)9(3)16-12)14(15)11(10)5-7;1-4(2,3)5;;;;;;/h5-6,9H,1-3H3;5H,1-3H3;2*1H3;2*1H;1H2;/q;-1;;;;;;+1. The van der Waals surface area contributed by atoms with Gasteiger partial charge in [0.25, 0.3) is 0 Å². The van der Waals surface area contributed by atoms with Gasteiger partial charge in [0.15, 0.2) is 0 Å². The molecule has 1 aromatic carbocycles. The summed E-state index contributed by atoms with van der Waals surface area (Å²) in [5.41, 5.74) is 4.48. The number of hydrogen-bond acceptors (Lipinski definition) is 2. The Labute approximate surface area is 192 Å². The Hall–Kier alpha value is 1.17. The number of benzene rings is 1. The molecule has 3 rings (SSSR count). The molecule has 1 heterocycles. The second-order valence-corrected chi connectivity index (χ2v) is 39.5. The molecule has 2 aliphatic rings. The van der Waals surface area contributed by atoms with Gasteiger partial charge in [0.05, 0.1) is 0 Å². The molecule has 0 fully saturated rings. The number of thioether (sulfide) groups is 1. The average molecular weight is 589 g/mol. The van der Waals surface area contributed by atoms with Gasteiger partial charge in [-0.05, 0) is 0 Å². The van der Waals surface area contributed by atoms with Crippen molar-refractivity contribution in [1.82, 2.24) is 3.26 Å². The zero-order chi connectivity index (χ0) is 19.0. The van der Waals surface area contributed by atoms with Crippen molar-refractivity contribution in [1.29, 1.82) is 0 Å². The molecule has 152 valence electrons. The maximum Gasteiger partial charge on any atom is -0.147 e. The van der Waals surface area contributed by atoms with Crippen molar-refractivity contribution in [3.8, 4) is 0 Å². The van der Waals surface area contributed by atoms with Crippen LogP contribution < -0.4 is 13.7 Å². The summed E-state index contributed by atoms with van der Waals surface area (Å²) in [5.74, 6) is 0. The molecule has 0 bridgehead atoms. The molecule has 0 aromatic heterocycles. The van der Waals surface area contributed by atoms with Crippen LogP contribution in [0.25, 0.3) is 14.9 Å². The van der Waals surface area contributed by atoms with E-state index in [9.17, 15) is 0 Å². The maximum absolute atomic E-state index is 4.11. The largest absolute Gasteiger partial charge is 0.147 e. The minimum Gasteiger partial charge on any atom is -0.147 e. The van der Waals surface area contributed by atoms with Gasteiger partial charge in [-0.15, -0.1) is 24.8 Å². The van der Waals surface area contributed by atoms with Gasteiger partial charge in [-0.2, -0.15) is 0 Å². The van der Waals surface area contributed by atoms with Crippen molar-refractivity contribution in [3.63, 3.8) is 0 Å². The van der Waals surface area contributed by atoms with E-state index in [2.05, 4.69) is 89.0 Å². The average Bonchev–Trinajstić information content (AvgIpc) is 2.85. The molecule has 0 radical (unpaired) electrons. The van der Waals surface area contributed by atoms with Crippen LogP contribution in [0.15, 0.2) is 21.0 Å². The summed E-state index contributed by atoms with van der Waals surface area (Å²) in [5, 5.41) is 3.48. The Morgan fingerprint density at radius 2 is 1.74 bits per heavy atom. The fourth-order valence-corrected chi connectivity index (χ4v) is 25.0. The third-order valence-corrected chi connectivity index (χ3v) is 19.8. The molecule has 7 heteroatoms. The van der Waals surface area contributed by atoms with Crippen LogP contribution in [0.3, 0.4) is 0 Å². The number of rotatable bonds is 2. The number of halogens is 3. The molecule has 0 amide bonds. The first-order valence-electron chi connectivity index (χ1n) is 9.00. The predicted molar refractivity (Wildman–Crippen MR) is 133 cm³/mol. The van der Waals surface area contributed by atoms with Crippen LogP contribution in [0.2, 0.25) is 9.26 Å². The fourth-order valence-electron chi connectivity index (χ4n) is 4.76. The molecule has 1 aromatic rings. The smallest absolute Gasteiger partial charge is 0.147 e. The van der Waals surface area contributed by atoms with E-state index in [1.165, 1.54) is 36.5 Å². The monoisotopic (exact) mass is 585 g/mol. The van der Waals surface area contributed by atoms with E-state index in [4.69, 9.17) is 0 Å². The Morgan fingerprint density at radius 1 is 1.19 bits per heavy atom. The van der Waals surface area contributed by atoms with E-state index in [-0.39, 0.29) is 30.4 Å². The third-order valence-electron chi connectivity index (χ3n) is 5.18. The molecule has 0 saturated heterocycles. The Bertz CT molecular complexity index is 1020. The van der Waals surface area contributed by atoms with Gasteiger partial charge in [-0.25, -0.2) is 0 Å². The fraction of sp³-hybridized carbons (Fsp3) is 0.500. The van der Waals surface area contributed by atoms with Crippen LogP contribution >= 0.6 is 52.5 Å². The summed E-state index contributed by atoms with van der Waals surface area (Å²) < 4.78 is 12.1. The molecule has 1 atom stereocenters. The molecule has 0 saturated carbocycles. The first-order valence-corrected chi connectivity index (χ1v) is 24.0. The van der Waals surface area contributed by atoms with Crippen molar-refractivity contribution in [3.05, 3.63) is 32.1 Å². The summed E-state index contributed by atoms with van der Waals surface area (Å²) in [7, 11) is 0. The zero-order valence-corrected chi connectivity index (χ0v) is 25.4. The Kier molecular flexibility index (Phi) is 7.78. The SMILES string of the molecule is CC1=Cc2c(Br)c3c(cc2=[C]1[Zr]([CH3])([CH3])(=[SiH2])[NH]C(C)(C)C)SC(C)C=3C.Cl.Cl. The molecule has 1 nitrogen and oxygen atoms in total. The van der Waals surface area contributed by atoms with Crippen molar-refractivity contribution < 1.29 is 17.7 Å². The minimum atomic E-state index is -3.24. The Morgan fingerprint density at radius 3 is 2.26 bits per heavy atom. The van der Waals surface area contributed by atoms with E-state index in [1.807, 2.05) is 11.8 Å². The first kappa shape index (κ1) is 26.2. The summed E-state index contributed by atoms with van der Waals surface area (Å²) in [6.45, 7) is 16.1. The van der Waals surface area contributed by atoms with Crippen LogP contribution in [0.4, 0.5) is 0 Å². The topological polar surface area (TPSA) is 12.0 Å². The molecular formula is C20H32BrCl2NSSiZr. The number of hydrogen-bond donors (Lipinski definition) is 1. The molecule has 1 unspecified atom stereocenters. The molecule has 1 aliphatic carbocycles. The quantitative estimate of drug-likeness (QED) is 0.482. The van der Waals surface area contributed by atoms with Crippen LogP contribution in [-0.2, 0) is 17.7 Å². The predicted octanol–water partition coefficient (Wildman–Crippen LogP) is 5.12. The van der Waals surface area contributed by atoms with Gasteiger partial charge in [-0.1, -0.05) is 0 Å². The van der Waals surface area contributed by atoms with Gasteiger partial charge in [0.2, 0.25) is 0 Å². The van der Waals surface area contributed by atoms with Gasteiger partial charge in [0, 0.05) is 0 Å². The van der Waals surface area contributed by atoms with Crippen molar-refractivity contribution in [2.24, 2.45) is 0 Å². The number of nitrogens with one attached hydrogen (secondary N) is 1. The summed E-state index contributed by atoms with van der Waals surface area (Å²) >= 11 is 2.73. The van der Waals surface area contributed by atoms with Crippen LogP contribution in [0.1, 0.15) is 47.1 Å². The van der Waals surface area contributed by atoms with E-state index in [0.29, 0.717) is 5.25 Å². The minimum absolute atomic E-state index is 0. The normalized spacial score (nSPS) is 19.2. The summed E-state index contributed by atoms with van der Waals surface area (Å²) in [6.07, 6.45) is 2.41. The number of fused-ring (bicyclic) bond motifs is 2. The molecule has 27 heavy (non-hydrogen) atoms. The van der Waals surface area contributed by atoms with Gasteiger partial charge >= 0.3 is 169 Å². The third kappa shape index (κ3) is 4.75. The van der Waals surface area contributed by atoms with Crippen molar-refractivity contribution in [2.75, 3.05) is 0 Å². The van der Waals surface area contributed by atoms with Gasteiger partial charge in [0.1, 0.15) is 0 Å². The molecule has 1 aliphatic heterocycles. The second kappa shape index (κ2) is 8.02. The van der Waals surface area contributed by atoms with Crippen molar-refractivity contribution in [2.45, 2.75) is 66.5 Å². The van der Waals surface area contributed by atoms with Crippen LogP contribution in [0, 0.1) is 0 Å².